The van der Waals surface area contributed by atoms with E-state index in [-0.39, 0.29) is 40.5 Å². The number of hydrogen-bond acceptors (Lipinski definition) is 4. The highest BCUT2D eigenvalue weighted by molar-refractivity contribution is 6.23. The van der Waals surface area contributed by atoms with Crippen molar-refractivity contribution in [3.63, 3.8) is 0 Å². The van der Waals surface area contributed by atoms with Crippen LogP contribution in [0, 0.1) is 17.8 Å². The molecular weight excluding hydrogens is 388 g/mol. The summed E-state index contributed by atoms with van der Waals surface area (Å²) in [6.45, 7) is 8.52. The number of rotatable bonds is 10. The molecule has 3 atom stereocenters. The predicted octanol–water partition coefficient (Wildman–Crippen LogP) is 6.99. The number of ether oxygens (including phenoxy) is 1. The monoisotopic (exact) mass is 430 g/mol. The minimum atomic E-state index is -0.463. The molecule has 0 radical (unpaired) electrons. The first-order valence-corrected chi connectivity index (χ1v) is 12.7. The molecule has 1 heterocycles. The molecule has 1 saturated carbocycles. The average molecular weight is 431 g/mol. The van der Waals surface area contributed by atoms with Crippen LogP contribution in [0.2, 0.25) is 0 Å². The minimum absolute atomic E-state index is 0.00959. The van der Waals surface area contributed by atoms with Crippen molar-refractivity contribution in [2.75, 3.05) is 0 Å². The molecule has 0 amide bonds. The number of fused-ring (bicyclic) bond motifs is 2. The van der Waals surface area contributed by atoms with E-state index in [0.29, 0.717) is 17.9 Å². The van der Waals surface area contributed by atoms with Gasteiger partial charge in [0.15, 0.2) is 11.5 Å². The summed E-state index contributed by atoms with van der Waals surface area (Å²) in [5.41, 5.74) is 0.258. The lowest BCUT2D eigenvalue weighted by Crippen LogP contribution is -2.50. The van der Waals surface area contributed by atoms with Crippen molar-refractivity contribution < 1.29 is 19.4 Å². The maximum atomic E-state index is 13.3. The summed E-state index contributed by atoms with van der Waals surface area (Å²) in [5.74, 6) is 0.0387. The van der Waals surface area contributed by atoms with Crippen LogP contribution < -0.4 is 0 Å². The smallest absolute Gasteiger partial charge is 0.227 e. The predicted molar refractivity (Wildman–Crippen MR) is 124 cm³/mol. The zero-order valence-corrected chi connectivity index (χ0v) is 20.1. The number of aliphatic hydroxyl groups is 1. The first-order chi connectivity index (χ1) is 14.8. The van der Waals surface area contributed by atoms with Gasteiger partial charge in [-0.1, -0.05) is 71.6 Å². The van der Waals surface area contributed by atoms with Crippen LogP contribution in [0.15, 0.2) is 22.7 Å². The van der Waals surface area contributed by atoms with Crippen LogP contribution in [0.25, 0.3) is 0 Å². The topological polar surface area (TPSA) is 63.6 Å². The molecule has 1 fully saturated rings. The molecule has 31 heavy (non-hydrogen) atoms. The van der Waals surface area contributed by atoms with Crippen LogP contribution in [0.5, 0.6) is 0 Å². The van der Waals surface area contributed by atoms with E-state index >= 15 is 0 Å². The maximum absolute atomic E-state index is 13.3. The molecule has 0 aromatic rings. The van der Waals surface area contributed by atoms with Crippen molar-refractivity contribution >= 4 is 11.6 Å². The van der Waals surface area contributed by atoms with Gasteiger partial charge in [0.2, 0.25) is 11.6 Å². The fourth-order valence-electron chi connectivity index (χ4n) is 5.89. The van der Waals surface area contributed by atoms with Gasteiger partial charge in [0.05, 0.1) is 5.57 Å². The maximum Gasteiger partial charge on any atom is 0.227 e. The zero-order chi connectivity index (χ0) is 22.6. The Morgan fingerprint density at radius 2 is 1.55 bits per heavy atom. The van der Waals surface area contributed by atoms with Gasteiger partial charge in [-0.25, -0.2) is 0 Å². The molecule has 0 saturated heterocycles. The standard InChI is InChI=1S/C27H42O4/c1-5-6-7-8-9-10-11-12-13-14-19-23(28)25(30)22-20-17-18(2)15-16-21(20)27(3,4)31-26(22)24(19)29/h18,20-21,28H,5-17H2,1-4H3/t18-,20-,21-/m0/s1. The lowest BCUT2D eigenvalue weighted by Gasteiger charge is -2.49. The summed E-state index contributed by atoms with van der Waals surface area (Å²) in [6.07, 6.45) is 14.1. The van der Waals surface area contributed by atoms with Crippen molar-refractivity contribution in [2.24, 2.45) is 17.8 Å². The Morgan fingerprint density at radius 3 is 2.19 bits per heavy atom. The van der Waals surface area contributed by atoms with Crippen LogP contribution in [0.3, 0.4) is 0 Å². The van der Waals surface area contributed by atoms with Crippen LogP contribution in [0.1, 0.15) is 111 Å². The van der Waals surface area contributed by atoms with Gasteiger partial charge in [-0.15, -0.1) is 0 Å². The normalized spacial score (nSPS) is 27.8. The molecule has 0 bridgehead atoms. The van der Waals surface area contributed by atoms with Gasteiger partial charge in [0, 0.05) is 11.5 Å². The summed E-state index contributed by atoms with van der Waals surface area (Å²) in [5, 5.41) is 10.7. The molecule has 0 spiro atoms. The van der Waals surface area contributed by atoms with Gasteiger partial charge in [0.25, 0.3) is 0 Å². The Hall–Kier alpha value is -1.58. The largest absolute Gasteiger partial charge is 0.504 e. The van der Waals surface area contributed by atoms with Crippen molar-refractivity contribution in [3.05, 3.63) is 22.7 Å². The molecule has 1 N–H and O–H groups in total. The summed E-state index contributed by atoms with van der Waals surface area (Å²) < 4.78 is 6.20. The molecule has 0 unspecified atom stereocenters. The highest BCUT2D eigenvalue weighted by Gasteiger charge is 2.52. The fourth-order valence-corrected chi connectivity index (χ4v) is 5.89. The molecule has 174 valence electrons. The van der Waals surface area contributed by atoms with Gasteiger partial charge in [0.1, 0.15) is 5.60 Å². The molecule has 4 nitrogen and oxygen atoms in total. The van der Waals surface area contributed by atoms with E-state index in [1.165, 1.54) is 38.5 Å². The number of Topliss-reactive ketones (excluding diaryl/α,β-unsaturated/α-hetero) is 2. The average Bonchev–Trinajstić information content (AvgIpc) is 2.72. The van der Waals surface area contributed by atoms with Gasteiger partial charge >= 0.3 is 0 Å². The van der Waals surface area contributed by atoms with E-state index in [0.717, 1.165) is 38.5 Å². The van der Waals surface area contributed by atoms with E-state index in [9.17, 15) is 14.7 Å². The fraction of sp³-hybridized carbons (Fsp3) is 0.778. The molecule has 1 aliphatic heterocycles. The quantitative estimate of drug-likeness (QED) is 0.300. The first-order valence-electron chi connectivity index (χ1n) is 12.7. The molecule has 2 aliphatic carbocycles. The third-order valence-electron chi connectivity index (χ3n) is 7.74. The van der Waals surface area contributed by atoms with E-state index in [2.05, 4.69) is 13.8 Å². The Balaban J connectivity index is 1.62. The third-order valence-corrected chi connectivity index (χ3v) is 7.74. The summed E-state index contributed by atoms with van der Waals surface area (Å²) >= 11 is 0. The lowest BCUT2D eigenvalue weighted by atomic mass is 9.62. The van der Waals surface area contributed by atoms with Crippen molar-refractivity contribution in [1.82, 2.24) is 0 Å². The second-order valence-corrected chi connectivity index (χ2v) is 10.6. The SMILES string of the molecule is CCCCCCCCCCCC1=C(O)C(=O)C2=C(OC(C)(C)[C@H]3CC[C@H](C)C[C@H]23)C1=O. The van der Waals surface area contributed by atoms with Crippen molar-refractivity contribution in [1.29, 1.82) is 0 Å². The number of aliphatic hydroxyl groups excluding tert-OH is 1. The zero-order valence-electron chi connectivity index (χ0n) is 20.1. The Labute approximate surface area is 188 Å². The van der Waals surface area contributed by atoms with E-state index in [1.54, 1.807) is 0 Å². The van der Waals surface area contributed by atoms with Gasteiger partial charge in [-0.05, 0) is 51.4 Å². The molecule has 3 aliphatic rings. The number of carbonyl (C=O) groups excluding carboxylic acids is 2. The van der Waals surface area contributed by atoms with Crippen LogP contribution in [0.4, 0.5) is 0 Å². The van der Waals surface area contributed by atoms with Gasteiger partial charge in [-0.2, -0.15) is 0 Å². The van der Waals surface area contributed by atoms with Crippen LogP contribution in [-0.4, -0.2) is 22.3 Å². The molecule has 3 rings (SSSR count). The van der Waals surface area contributed by atoms with Gasteiger partial charge in [-0.3, -0.25) is 9.59 Å². The summed E-state index contributed by atoms with van der Waals surface area (Å²) in [7, 11) is 0. The number of ketones is 2. The van der Waals surface area contributed by atoms with E-state index < -0.39 is 5.60 Å². The highest BCUT2D eigenvalue weighted by atomic mass is 16.5. The second kappa shape index (κ2) is 10.4. The van der Waals surface area contributed by atoms with Crippen LogP contribution in [-0.2, 0) is 14.3 Å². The Bertz CT molecular complexity index is 742. The molecule has 0 aromatic heterocycles. The third kappa shape index (κ3) is 5.26. The van der Waals surface area contributed by atoms with Crippen molar-refractivity contribution in [2.45, 2.75) is 117 Å². The van der Waals surface area contributed by atoms with E-state index in [4.69, 9.17) is 4.74 Å². The Kier molecular flexibility index (Phi) is 8.04. The number of unbranched alkanes of at least 4 members (excludes halogenated alkanes) is 8. The second-order valence-electron chi connectivity index (χ2n) is 10.6. The minimum Gasteiger partial charge on any atom is -0.504 e. The highest BCUT2D eigenvalue weighted by Crippen LogP contribution is 2.51. The number of hydrogen-bond donors (Lipinski definition) is 1. The van der Waals surface area contributed by atoms with Crippen molar-refractivity contribution in [3.8, 4) is 0 Å². The molecule has 4 heteroatoms. The van der Waals surface area contributed by atoms with Crippen LogP contribution >= 0.6 is 0 Å². The lowest BCUT2D eigenvalue weighted by molar-refractivity contribution is -0.133. The van der Waals surface area contributed by atoms with Gasteiger partial charge < -0.3 is 9.84 Å². The summed E-state index contributed by atoms with van der Waals surface area (Å²) in [4.78, 5) is 26.4. The van der Waals surface area contributed by atoms with E-state index in [1.807, 2.05) is 13.8 Å². The Morgan fingerprint density at radius 1 is 0.935 bits per heavy atom. The first kappa shape index (κ1) is 24.1. The number of carbonyl (C=O) groups is 2. The molecule has 0 aromatic carbocycles. The summed E-state index contributed by atoms with van der Waals surface area (Å²) in [6, 6.07) is 0. The number of allylic oxidation sites excluding steroid dienone is 2. The molecular formula is C27H42O4.